The molecule has 6 rings (SSSR count). The topological polar surface area (TPSA) is 110 Å². The first-order valence-electron chi connectivity index (χ1n) is 19.6. The Hall–Kier alpha value is -4.68. The van der Waals surface area contributed by atoms with E-state index in [1.54, 1.807) is 12.1 Å². The van der Waals surface area contributed by atoms with Crippen LogP contribution in [0.15, 0.2) is 102 Å². The molecule has 304 valence electrons. The number of benzene rings is 4. The molecule has 8 nitrogen and oxygen atoms in total. The fraction of sp³-hybridized carbons (Fsp3) is 0.400. The van der Waals surface area contributed by atoms with Crippen molar-refractivity contribution in [3.8, 4) is 16.9 Å². The monoisotopic (exact) mass is 849 g/mol. The van der Waals surface area contributed by atoms with Crippen molar-refractivity contribution in [2.24, 2.45) is 11.8 Å². The number of likely N-dealkylation sites (tertiary alicyclic amines) is 1. The van der Waals surface area contributed by atoms with Gasteiger partial charge in [0.05, 0.1) is 6.42 Å². The number of carboxylic acid groups (broad SMARTS) is 1. The number of carbonyl (C=O) groups is 3. The molecule has 4 aromatic carbocycles. The molecule has 0 spiro atoms. The van der Waals surface area contributed by atoms with Crippen LogP contribution in [0.2, 0.25) is 0 Å². The van der Waals surface area contributed by atoms with Crippen molar-refractivity contribution < 1.29 is 37.8 Å². The molecule has 4 aromatic rings. The number of carbonyl (C=O) groups excluding carboxylic acids is 2. The molecule has 3 N–H and O–H groups in total. The summed E-state index contributed by atoms with van der Waals surface area (Å²) >= 11 is 3.48. The number of aromatic hydroxyl groups is 1. The van der Waals surface area contributed by atoms with Gasteiger partial charge >= 0.3 is 12.1 Å². The van der Waals surface area contributed by atoms with Gasteiger partial charge in [-0.3, -0.25) is 9.59 Å². The van der Waals surface area contributed by atoms with Crippen LogP contribution < -0.4 is 5.32 Å². The summed E-state index contributed by atoms with van der Waals surface area (Å²) in [6.45, 7) is 5.06. The van der Waals surface area contributed by atoms with Crippen LogP contribution >= 0.6 is 15.9 Å². The van der Waals surface area contributed by atoms with E-state index in [0.29, 0.717) is 25.9 Å². The van der Waals surface area contributed by atoms with Crippen molar-refractivity contribution in [1.29, 1.82) is 0 Å². The maximum atomic E-state index is 13.8. The molecule has 2 heterocycles. The highest BCUT2D eigenvalue weighted by atomic mass is 79.9. The number of nitrogens with one attached hydrogen (secondary N) is 1. The molecule has 57 heavy (non-hydrogen) atoms. The SMILES string of the molecule is O=C(Cc1ccc(Br)cc1)N(CCc1ccc(O)cc1)Cc1ccc(-c2ccccc2C(=O)N2CCC(CCCC3CCNCC3)CC2)cc1.O=C(O)C(F)(F)F. The lowest BCUT2D eigenvalue weighted by atomic mass is 9.87. The molecule has 2 aliphatic heterocycles. The first-order chi connectivity index (χ1) is 27.4. The number of hydrogen-bond acceptors (Lipinski definition) is 5. The second-order valence-corrected chi connectivity index (χ2v) is 15.9. The average molecular weight is 851 g/mol. The zero-order valence-corrected chi connectivity index (χ0v) is 33.6. The van der Waals surface area contributed by atoms with Crippen molar-refractivity contribution in [2.75, 3.05) is 32.7 Å². The van der Waals surface area contributed by atoms with E-state index in [2.05, 4.69) is 50.4 Å². The molecule has 2 saturated heterocycles. The van der Waals surface area contributed by atoms with Crippen LogP contribution in [0.25, 0.3) is 11.1 Å². The number of carboxylic acids is 1. The summed E-state index contributed by atoms with van der Waals surface area (Å²) < 4.78 is 32.7. The molecular weight excluding hydrogens is 799 g/mol. The Balaban J connectivity index is 0.000000811. The molecule has 0 aliphatic carbocycles. The normalized spacial score (nSPS) is 15.1. The summed E-state index contributed by atoms with van der Waals surface area (Å²) in [5.41, 5.74) is 5.78. The number of phenolic OH excluding ortho intramolecular Hbond substituents is 1. The van der Waals surface area contributed by atoms with Gasteiger partial charge in [0.25, 0.3) is 5.91 Å². The molecule has 0 unspecified atom stereocenters. The molecule has 0 atom stereocenters. The summed E-state index contributed by atoms with van der Waals surface area (Å²) in [6.07, 6.45) is 4.73. The maximum Gasteiger partial charge on any atom is 0.490 e. The highest BCUT2D eigenvalue weighted by Crippen LogP contribution is 2.30. The molecule has 0 aromatic heterocycles. The van der Waals surface area contributed by atoms with E-state index < -0.39 is 12.1 Å². The van der Waals surface area contributed by atoms with E-state index in [1.807, 2.05) is 65.6 Å². The summed E-state index contributed by atoms with van der Waals surface area (Å²) in [7, 11) is 0. The fourth-order valence-electron chi connectivity index (χ4n) is 7.50. The number of halogens is 4. The lowest BCUT2D eigenvalue weighted by Crippen LogP contribution is -2.38. The van der Waals surface area contributed by atoms with Crippen molar-refractivity contribution in [3.05, 3.63) is 124 Å². The fourth-order valence-corrected chi connectivity index (χ4v) is 7.76. The first kappa shape index (κ1) is 43.4. The number of phenols is 1. The van der Waals surface area contributed by atoms with E-state index in [9.17, 15) is 27.9 Å². The smallest absolute Gasteiger partial charge is 0.490 e. The number of piperidine rings is 2. The number of nitrogens with zero attached hydrogens (tertiary/aromatic N) is 2. The minimum Gasteiger partial charge on any atom is -0.508 e. The molecular formula is C45H51BrF3N3O5. The highest BCUT2D eigenvalue weighted by Gasteiger charge is 2.38. The maximum absolute atomic E-state index is 13.8. The second-order valence-electron chi connectivity index (χ2n) is 14.9. The van der Waals surface area contributed by atoms with Crippen LogP contribution in [0.3, 0.4) is 0 Å². The van der Waals surface area contributed by atoms with Gasteiger partial charge in [0.15, 0.2) is 0 Å². The van der Waals surface area contributed by atoms with Crippen LogP contribution in [-0.2, 0) is 29.0 Å². The zero-order valence-electron chi connectivity index (χ0n) is 32.0. The van der Waals surface area contributed by atoms with Crippen LogP contribution in [0.5, 0.6) is 5.75 Å². The molecule has 2 fully saturated rings. The van der Waals surface area contributed by atoms with E-state index in [-0.39, 0.29) is 17.6 Å². The van der Waals surface area contributed by atoms with E-state index in [0.717, 1.165) is 75.6 Å². The standard InChI is InChI=1S/C43H50BrN3O3.C2HF3O2/c44-38-16-10-35(11-17-38)30-42(49)47(29-24-34-12-18-39(48)19-13-34)31-36-8-14-37(15-9-36)40-6-1-2-7-41(40)43(50)46-27-22-33(23-28-46)5-3-4-32-20-25-45-26-21-32;3-2(4,5)1(6)7/h1-2,6-19,32-33,45,48H,3-5,20-31H2;(H,6,7). The van der Waals surface area contributed by atoms with Crippen molar-refractivity contribution in [1.82, 2.24) is 15.1 Å². The third-order valence-corrected chi connectivity index (χ3v) is 11.4. The van der Waals surface area contributed by atoms with Crippen molar-refractivity contribution in [2.45, 2.75) is 70.5 Å². The third kappa shape index (κ3) is 13.7. The van der Waals surface area contributed by atoms with Gasteiger partial charge in [-0.25, -0.2) is 4.79 Å². The Bertz CT molecular complexity index is 1890. The van der Waals surface area contributed by atoms with Gasteiger partial charge in [-0.2, -0.15) is 13.2 Å². The highest BCUT2D eigenvalue weighted by molar-refractivity contribution is 9.10. The van der Waals surface area contributed by atoms with Gasteiger partial charge in [0, 0.05) is 36.2 Å². The van der Waals surface area contributed by atoms with Crippen molar-refractivity contribution >= 4 is 33.7 Å². The lowest BCUT2D eigenvalue weighted by Gasteiger charge is -2.33. The van der Waals surface area contributed by atoms with Crippen LogP contribution in [0.4, 0.5) is 13.2 Å². The summed E-state index contributed by atoms with van der Waals surface area (Å²) in [6, 6.07) is 31.3. The predicted molar refractivity (Wildman–Crippen MR) is 219 cm³/mol. The minimum absolute atomic E-state index is 0.0664. The minimum atomic E-state index is -5.08. The molecule has 0 saturated carbocycles. The van der Waals surface area contributed by atoms with Crippen molar-refractivity contribution in [3.63, 3.8) is 0 Å². The zero-order chi connectivity index (χ0) is 40.8. The Morgan fingerprint density at radius 3 is 1.95 bits per heavy atom. The van der Waals surface area contributed by atoms with Crippen LogP contribution in [0.1, 0.15) is 72.0 Å². The lowest BCUT2D eigenvalue weighted by molar-refractivity contribution is -0.192. The molecule has 0 bridgehead atoms. The Kier molecular flexibility index (Phi) is 16.1. The predicted octanol–water partition coefficient (Wildman–Crippen LogP) is 9.29. The molecule has 2 aliphatic rings. The average Bonchev–Trinajstić information content (AvgIpc) is 3.21. The van der Waals surface area contributed by atoms with E-state index in [4.69, 9.17) is 9.90 Å². The van der Waals surface area contributed by atoms with Gasteiger partial charge in [-0.1, -0.05) is 102 Å². The van der Waals surface area contributed by atoms with Crippen LogP contribution in [-0.4, -0.2) is 76.7 Å². The second kappa shape index (κ2) is 21.2. The Labute approximate surface area is 341 Å². The van der Waals surface area contributed by atoms with Gasteiger partial charge in [-0.15, -0.1) is 0 Å². The third-order valence-electron chi connectivity index (χ3n) is 10.9. The molecule has 0 radical (unpaired) electrons. The quantitative estimate of drug-likeness (QED) is 0.124. The number of alkyl halides is 3. The van der Waals surface area contributed by atoms with E-state index >= 15 is 0 Å². The van der Waals surface area contributed by atoms with Gasteiger partial charge < -0.3 is 25.3 Å². The first-order valence-corrected chi connectivity index (χ1v) is 20.4. The number of hydrogen-bond donors (Lipinski definition) is 3. The van der Waals surface area contributed by atoms with Gasteiger partial charge in [-0.05, 0) is 115 Å². The number of aliphatic carboxylic acids is 1. The van der Waals surface area contributed by atoms with Crippen LogP contribution in [0, 0.1) is 11.8 Å². The molecule has 12 heteroatoms. The number of rotatable bonds is 13. The summed E-state index contributed by atoms with van der Waals surface area (Å²) in [5, 5.41) is 20.3. The Morgan fingerprint density at radius 2 is 1.33 bits per heavy atom. The summed E-state index contributed by atoms with van der Waals surface area (Å²) in [4.78, 5) is 40.3. The summed E-state index contributed by atoms with van der Waals surface area (Å²) in [5.74, 6) is -0.713. The van der Waals surface area contributed by atoms with E-state index in [1.165, 1.54) is 45.2 Å². The molecule has 2 amide bonds. The Morgan fingerprint density at radius 1 is 0.772 bits per heavy atom. The van der Waals surface area contributed by atoms with Gasteiger partial charge in [0.2, 0.25) is 5.91 Å². The largest absolute Gasteiger partial charge is 0.508 e. The number of amides is 2. The van der Waals surface area contributed by atoms with Gasteiger partial charge in [0.1, 0.15) is 5.75 Å².